The van der Waals surface area contributed by atoms with Gasteiger partial charge in [-0.05, 0) is 6.07 Å². The molecule has 4 nitrogen and oxygen atoms in total. The molecule has 0 aliphatic heterocycles. The van der Waals surface area contributed by atoms with Gasteiger partial charge in [-0.1, -0.05) is 18.2 Å². The standard InChI is InChI=1S/C12H7N3O/c1-2-4-9-7(3-1)10-8-5-13-6-14-11(8)16-12(10)15-9/h1-6,15H. The van der Waals surface area contributed by atoms with Crippen LogP contribution in [0.4, 0.5) is 0 Å². The topological polar surface area (TPSA) is 54.7 Å². The third kappa shape index (κ3) is 0.839. The average molecular weight is 209 g/mol. The summed E-state index contributed by atoms with van der Waals surface area (Å²) < 4.78 is 5.63. The van der Waals surface area contributed by atoms with Crippen molar-refractivity contribution in [3.8, 4) is 0 Å². The van der Waals surface area contributed by atoms with E-state index in [4.69, 9.17) is 4.42 Å². The number of nitrogens with one attached hydrogen (secondary N) is 1. The van der Waals surface area contributed by atoms with E-state index in [1.165, 1.54) is 6.33 Å². The van der Waals surface area contributed by atoms with E-state index >= 15 is 0 Å². The summed E-state index contributed by atoms with van der Waals surface area (Å²) in [5, 5.41) is 3.16. The molecule has 0 aliphatic rings. The fraction of sp³-hybridized carbons (Fsp3) is 0. The minimum Gasteiger partial charge on any atom is -0.421 e. The van der Waals surface area contributed by atoms with Gasteiger partial charge in [-0.15, -0.1) is 0 Å². The Morgan fingerprint density at radius 2 is 2.06 bits per heavy atom. The van der Waals surface area contributed by atoms with Crippen molar-refractivity contribution < 1.29 is 4.42 Å². The molecule has 0 spiro atoms. The largest absolute Gasteiger partial charge is 0.421 e. The number of nitrogens with zero attached hydrogens (tertiary/aromatic N) is 2. The Bertz CT molecular complexity index is 747. The molecule has 0 aliphatic carbocycles. The highest BCUT2D eigenvalue weighted by molar-refractivity contribution is 6.17. The van der Waals surface area contributed by atoms with Crippen LogP contribution in [0.25, 0.3) is 33.1 Å². The smallest absolute Gasteiger partial charge is 0.232 e. The summed E-state index contributed by atoms with van der Waals surface area (Å²) in [7, 11) is 0. The molecular formula is C12H7N3O. The number of benzene rings is 1. The van der Waals surface area contributed by atoms with E-state index in [-0.39, 0.29) is 0 Å². The number of fused-ring (bicyclic) bond motifs is 5. The summed E-state index contributed by atoms with van der Waals surface area (Å²) in [6.45, 7) is 0. The lowest BCUT2D eigenvalue weighted by atomic mass is 10.2. The maximum atomic E-state index is 5.63. The Balaban J connectivity index is 2.38. The monoisotopic (exact) mass is 209 g/mol. The van der Waals surface area contributed by atoms with Crippen LogP contribution in [0.1, 0.15) is 0 Å². The van der Waals surface area contributed by atoms with Gasteiger partial charge in [0.25, 0.3) is 0 Å². The molecule has 1 N–H and O–H groups in total. The van der Waals surface area contributed by atoms with Gasteiger partial charge in [-0.25, -0.2) is 9.97 Å². The van der Waals surface area contributed by atoms with E-state index in [1.54, 1.807) is 6.20 Å². The van der Waals surface area contributed by atoms with Gasteiger partial charge in [0.05, 0.1) is 10.8 Å². The minimum absolute atomic E-state index is 0.627. The highest BCUT2D eigenvalue weighted by Gasteiger charge is 2.12. The Morgan fingerprint density at radius 1 is 1.12 bits per heavy atom. The van der Waals surface area contributed by atoms with E-state index in [0.29, 0.717) is 5.71 Å². The Morgan fingerprint density at radius 3 is 3.06 bits per heavy atom. The van der Waals surface area contributed by atoms with Crippen LogP contribution >= 0.6 is 0 Å². The number of H-pyrrole nitrogens is 1. The summed E-state index contributed by atoms with van der Waals surface area (Å²) in [4.78, 5) is 11.4. The molecule has 0 amide bonds. The maximum absolute atomic E-state index is 5.63. The molecule has 0 atom stereocenters. The molecule has 76 valence electrons. The molecule has 1 aromatic carbocycles. The van der Waals surface area contributed by atoms with Gasteiger partial charge in [-0.3, -0.25) is 0 Å². The van der Waals surface area contributed by atoms with Gasteiger partial charge >= 0.3 is 0 Å². The van der Waals surface area contributed by atoms with Gasteiger partial charge < -0.3 is 9.40 Å². The van der Waals surface area contributed by atoms with Gasteiger partial charge in [0.1, 0.15) is 6.33 Å². The molecular weight excluding hydrogens is 202 g/mol. The first-order valence-electron chi connectivity index (χ1n) is 5.02. The predicted octanol–water partition coefficient (Wildman–Crippen LogP) is 2.86. The van der Waals surface area contributed by atoms with Crippen molar-refractivity contribution in [2.45, 2.75) is 0 Å². The third-order valence-corrected chi connectivity index (χ3v) is 2.82. The van der Waals surface area contributed by atoms with Gasteiger partial charge in [0.15, 0.2) is 0 Å². The summed E-state index contributed by atoms with van der Waals surface area (Å²) in [5.41, 5.74) is 2.46. The summed E-state index contributed by atoms with van der Waals surface area (Å²) >= 11 is 0. The van der Waals surface area contributed by atoms with Crippen LogP contribution in [0.5, 0.6) is 0 Å². The second-order valence-electron chi connectivity index (χ2n) is 3.72. The Labute approximate surface area is 89.9 Å². The lowest BCUT2D eigenvalue weighted by molar-refractivity contribution is 0.641. The highest BCUT2D eigenvalue weighted by Crippen LogP contribution is 2.32. The molecule has 0 fully saturated rings. The van der Waals surface area contributed by atoms with Crippen LogP contribution in [0, 0.1) is 0 Å². The van der Waals surface area contributed by atoms with Crippen LogP contribution in [0.15, 0.2) is 41.2 Å². The normalized spacial score (nSPS) is 11.8. The van der Waals surface area contributed by atoms with Gasteiger partial charge in [-0.2, -0.15) is 0 Å². The van der Waals surface area contributed by atoms with Crippen molar-refractivity contribution >= 4 is 33.1 Å². The van der Waals surface area contributed by atoms with Gasteiger partial charge in [0, 0.05) is 17.1 Å². The van der Waals surface area contributed by atoms with Crippen molar-refractivity contribution in [2.75, 3.05) is 0 Å². The fourth-order valence-corrected chi connectivity index (χ4v) is 2.13. The van der Waals surface area contributed by atoms with E-state index in [1.807, 2.05) is 18.2 Å². The summed E-state index contributed by atoms with van der Waals surface area (Å²) in [5.74, 6) is 0. The summed E-state index contributed by atoms with van der Waals surface area (Å²) in [6, 6.07) is 8.10. The second-order valence-corrected chi connectivity index (χ2v) is 3.72. The molecule has 0 radical (unpaired) electrons. The molecule has 0 saturated carbocycles. The summed E-state index contributed by atoms with van der Waals surface area (Å²) in [6.07, 6.45) is 3.28. The van der Waals surface area contributed by atoms with Crippen LogP contribution in [0.3, 0.4) is 0 Å². The second kappa shape index (κ2) is 2.61. The quantitative estimate of drug-likeness (QED) is 0.484. The molecule has 3 aromatic heterocycles. The number of hydrogen-bond acceptors (Lipinski definition) is 3. The van der Waals surface area contributed by atoms with Crippen molar-refractivity contribution in [1.29, 1.82) is 0 Å². The molecule has 4 aromatic rings. The molecule has 4 rings (SSSR count). The first-order valence-corrected chi connectivity index (χ1v) is 5.02. The number of aromatic nitrogens is 3. The van der Waals surface area contributed by atoms with Crippen LogP contribution in [0.2, 0.25) is 0 Å². The number of rotatable bonds is 0. The van der Waals surface area contributed by atoms with Crippen molar-refractivity contribution in [2.24, 2.45) is 0 Å². The number of furan rings is 1. The maximum Gasteiger partial charge on any atom is 0.232 e. The zero-order valence-corrected chi connectivity index (χ0v) is 8.27. The van der Waals surface area contributed by atoms with E-state index in [2.05, 4.69) is 21.0 Å². The third-order valence-electron chi connectivity index (χ3n) is 2.82. The molecule has 3 heterocycles. The number of hydrogen-bond donors (Lipinski definition) is 1. The molecule has 16 heavy (non-hydrogen) atoms. The lowest BCUT2D eigenvalue weighted by Gasteiger charge is -1.88. The van der Waals surface area contributed by atoms with E-state index in [9.17, 15) is 0 Å². The van der Waals surface area contributed by atoms with Crippen molar-refractivity contribution in [1.82, 2.24) is 15.0 Å². The molecule has 0 bridgehead atoms. The average Bonchev–Trinajstić information content (AvgIpc) is 2.83. The van der Waals surface area contributed by atoms with Crippen LogP contribution in [-0.4, -0.2) is 15.0 Å². The van der Waals surface area contributed by atoms with E-state index < -0.39 is 0 Å². The first-order chi connectivity index (χ1) is 7.93. The lowest BCUT2D eigenvalue weighted by Crippen LogP contribution is -1.75. The zero-order valence-electron chi connectivity index (χ0n) is 8.27. The Kier molecular flexibility index (Phi) is 1.28. The minimum atomic E-state index is 0.627. The van der Waals surface area contributed by atoms with E-state index in [0.717, 1.165) is 27.4 Å². The van der Waals surface area contributed by atoms with Crippen molar-refractivity contribution in [3.05, 3.63) is 36.8 Å². The highest BCUT2D eigenvalue weighted by atomic mass is 16.3. The zero-order chi connectivity index (χ0) is 10.5. The Hall–Kier alpha value is -2.36. The van der Waals surface area contributed by atoms with Gasteiger partial charge in [0.2, 0.25) is 11.4 Å². The number of aromatic amines is 1. The number of para-hydroxylation sites is 1. The molecule has 0 saturated heterocycles. The van der Waals surface area contributed by atoms with Crippen LogP contribution < -0.4 is 0 Å². The fourth-order valence-electron chi connectivity index (χ4n) is 2.13. The predicted molar refractivity (Wildman–Crippen MR) is 61.2 cm³/mol. The molecule has 4 heteroatoms. The van der Waals surface area contributed by atoms with Crippen molar-refractivity contribution in [3.63, 3.8) is 0 Å². The SMILES string of the molecule is c1ccc2c(c1)[nH]c1oc3ncncc3c12. The first kappa shape index (κ1) is 7.87. The van der Waals surface area contributed by atoms with Crippen LogP contribution in [-0.2, 0) is 0 Å². The molecule has 0 unspecified atom stereocenters.